The van der Waals surface area contributed by atoms with Crippen molar-refractivity contribution in [1.29, 1.82) is 0 Å². The summed E-state index contributed by atoms with van der Waals surface area (Å²) in [5, 5.41) is 8.79. The normalized spacial score (nSPS) is 16.3. The maximum Gasteiger partial charge on any atom is 0.225 e. The van der Waals surface area contributed by atoms with Gasteiger partial charge in [0.2, 0.25) is 5.91 Å². The van der Waals surface area contributed by atoms with Crippen LogP contribution in [0.25, 0.3) is 10.9 Å². The first-order chi connectivity index (χ1) is 15.6. The molecule has 1 amide bonds. The van der Waals surface area contributed by atoms with Crippen molar-refractivity contribution in [2.75, 3.05) is 24.6 Å². The van der Waals surface area contributed by atoms with Crippen molar-refractivity contribution in [3.8, 4) is 5.75 Å². The number of aromatic nitrogens is 3. The van der Waals surface area contributed by atoms with Crippen molar-refractivity contribution in [1.82, 2.24) is 20.1 Å². The number of nitrogens with one attached hydrogen (secondary N) is 1. The van der Waals surface area contributed by atoms with E-state index in [2.05, 4.69) is 27.2 Å². The first-order valence-electron chi connectivity index (χ1n) is 11.6. The average molecular weight is 436 g/mol. The molecule has 0 unspecified atom stereocenters. The molecular formula is C25H33N5O2. The fourth-order valence-electron chi connectivity index (χ4n) is 4.37. The van der Waals surface area contributed by atoms with Gasteiger partial charge >= 0.3 is 0 Å². The molecule has 32 heavy (non-hydrogen) atoms. The molecule has 0 saturated carbocycles. The molecule has 4 rings (SSSR count). The summed E-state index contributed by atoms with van der Waals surface area (Å²) in [6, 6.07) is 9.99. The van der Waals surface area contributed by atoms with E-state index in [9.17, 15) is 4.79 Å². The molecule has 170 valence electrons. The van der Waals surface area contributed by atoms with Crippen molar-refractivity contribution in [2.24, 2.45) is 13.0 Å². The van der Waals surface area contributed by atoms with Gasteiger partial charge in [-0.25, -0.2) is 4.98 Å². The quantitative estimate of drug-likeness (QED) is 0.542. The number of ether oxygens (including phenoxy) is 1. The molecule has 0 aliphatic carbocycles. The zero-order valence-electron chi connectivity index (χ0n) is 19.3. The van der Waals surface area contributed by atoms with Gasteiger partial charge in [-0.1, -0.05) is 25.5 Å². The molecule has 1 fully saturated rings. The van der Waals surface area contributed by atoms with Crippen LogP contribution in [0, 0.1) is 12.8 Å². The third kappa shape index (κ3) is 4.87. The number of hydrogen-bond acceptors (Lipinski definition) is 5. The van der Waals surface area contributed by atoms with E-state index in [0.717, 1.165) is 72.6 Å². The van der Waals surface area contributed by atoms with E-state index < -0.39 is 0 Å². The number of hydrogen-bond donors (Lipinski definition) is 1. The summed E-state index contributed by atoms with van der Waals surface area (Å²) >= 11 is 0. The van der Waals surface area contributed by atoms with Gasteiger partial charge in [0.25, 0.3) is 0 Å². The first kappa shape index (κ1) is 22.1. The molecule has 3 aromatic rings. The number of pyridine rings is 1. The molecule has 1 aliphatic rings. The summed E-state index contributed by atoms with van der Waals surface area (Å²) < 4.78 is 7.61. The summed E-state index contributed by atoms with van der Waals surface area (Å²) in [4.78, 5) is 19.8. The second-order valence-electron chi connectivity index (χ2n) is 8.59. The zero-order valence-corrected chi connectivity index (χ0v) is 19.3. The second-order valence-corrected chi connectivity index (χ2v) is 8.59. The third-order valence-corrected chi connectivity index (χ3v) is 6.17. The highest BCUT2D eigenvalue weighted by Crippen LogP contribution is 2.29. The Kier molecular flexibility index (Phi) is 6.93. The predicted octanol–water partition coefficient (Wildman–Crippen LogP) is 3.99. The lowest BCUT2D eigenvalue weighted by atomic mass is 9.97. The molecule has 1 saturated heterocycles. The molecule has 2 aromatic heterocycles. The number of carbonyl (C=O) groups excluding carboxylic acids is 1. The van der Waals surface area contributed by atoms with Crippen LogP contribution in [0.5, 0.6) is 5.75 Å². The van der Waals surface area contributed by atoms with Gasteiger partial charge < -0.3 is 15.0 Å². The molecule has 0 bridgehead atoms. The number of nitrogens with zero attached hydrogens (tertiary/aromatic N) is 4. The molecular weight excluding hydrogens is 402 g/mol. The number of carbonyl (C=O) groups is 1. The lowest BCUT2D eigenvalue weighted by Crippen LogP contribution is -2.43. The first-order valence-corrected chi connectivity index (χ1v) is 11.6. The Balaban J connectivity index is 1.36. The number of anilines is 1. The number of aryl methyl sites for hydroxylation is 2. The maximum absolute atomic E-state index is 12.9. The van der Waals surface area contributed by atoms with Gasteiger partial charge in [0, 0.05) is 38.3 Å². The van der Waals surface area contributed by atoms with Crippen LogP contribution >= 0.6 is 0 Å². The van der Waals surface area contributed by atoms with E-state index in [4.69, 9.17) is 4.74 Å². The number of rotatable bonds is 8. The van der Waals surface area contributed by atoms with Gasteiger partial charge in [0.1, 0.15) is 11.3 Å². The van der Waals surface area contributed by atoms with Gasteiger partial charge in [-0.05, 0) is 49.9 Å². The van der Waals surface area contributed by atoms with Crippen LogP contribution in [-0.2, 0) is 18.4 Å². The molecule has 7 nitrogen and oxygen atoms in total. The predicted molar refractivity (Wildman–Crippen MR) is 127 cm³/mol. The molecule has 0 radical (unpaired) electrons. The summed E-state index contributed by atoms with van der Waals surface area (Å²) in [6.45, 7) is 7.01. The lowest BCUT2D eigenvalue weighted by Gasteiger charge is -2.33. The van der Waals surface area contributed by atoms with Crippen LogP contribution in [0.1, 0.15) is 43.9 Å². The zero-order chi connectivity index (χ0) is 22.5. The van der Waals surface area contributed by atoms with Crippen LogP contribution in [-0.4, -0.2) is 40.4 Å². The number of unbranched alkanes of at least 4 members (excludes halogenated alkanes) is 1. The Labute approximate surface area is 189 Å². The standard InChI is InChI=1S/C25H33N5O2/c1-4-5-15-32-21-10-8-19(9-11-21)16-27-25(31)20-7-6-14-30(17-20)24-23-22(12-13-26-24)18(2)28-29(23)3/h8-13,20H,4-7,14-17H2,1-3H3,(H,27,31)/t20-/m0/s1. The van der Waals surface area contributed by atoms with Crippen molar-refractivity contribution in [3.63, 3.8) is 0 Å². The van der Waals surface area contributed by atoms with E-state index in [0.29, 0.717) is 13.1 Å². The average Bonchev–Trinajstić information content (AvgIpc) is 3.12. The summed E-state index contributed by atoms with van der Waals surface area (Å²) in [7, 11) is 1.95. The largest absolute Gasteiger partial charge is 0.494 e. The smallest absolute Gasteiger partial charge is 0.225 e. The lowest BCUT2D eigenvalue weighted by molar-refractivity contribution is -0.125. The van der Waals surface area contributed by atoms with Crippen LogP contribution in [0.4, 0.5) is 5.82 Å². The van der Waals surface area contributed by atoms with Gasteiger partial charge in [0.15, 0.2) is 5.82 Å². The second kappa shape index (κ2) is 10.0. The molecule has 1 N–H and O–H groups in total. The minimum absolute atomic E-state index is 0.0493. The summed E-state index contributed by atoms with van der Waals surface area (Å²) in [6.07, 6.45) is 5.88. The molecule has 3 heterocycles. The fraction of sp³-hybridized carbons (Fsp3) is 0.480. The number of fused-ring (bicyclic) bond motifs is 1. The Morgan fingerprint density at radius 3 is 2.84 bits per heavy atom. The Morgan fingerprint density at radius 2 is 2.06 bits per heavy atom. The highest BCUT2D eigenvalue weighted by molar-refractivity contribution is 5.91. The van der Waals surface area contributed by atoms with Crippen molar-refractivity contribution in [2.45, 2.75) is 46.1 Å². The molecule has 7 heteroatoms. The van der Waals surface area contributed by atoms with Crippen LogP contribution in [0.15, 0.2) is 36.5 Å². The highest BCUT2D eigenvalue weighted by atomic mass is 16.5. The van der Waals surface area contributed by atoms with E-state index in [-0.39, 0.29) is 11.8 Å². The van der Waals surface area contributed by atoms with Crippen molar-refractivity contribution in [3.05, 3.63) is 47.8 Å². The number of amides is 1. The fourth-order valence-corrected chi connectivity index (χ4v) is 4.37. The molecule has 0 spiro atoms. The molecule has 1 aromatic carbocycles. The van der Waals surface area contributed by atoms with Gasteiger partial charge in [0.05, 0.1) is 18.2 Å². The van der Waals surface area contributed by atoms with Gasteiger partial charge in [-0.15, -0.1) is 0 Å². The third-order valence-electron chi connectivity index (χ3n) is 6.17. The molecule has 1 atom stereocenters. The van der Waals surface area contributed by atoms with Crippen LogP contribution < -0.4 is 15.0 Å². The Bertz CT molecular complexity index is 1060. The molecule has 1 aliphatic heterocycles. The monoisotopic (exact) mass is 435 g/mol. The maximum atomic E-state index is 12.9. The number of benzene rings is 1. The highest BCUT2D eigenvalue weighted by Gasteiger charge is 2.28. The van der Waals surface area contributed by atoms with Gasteiger partial charge in [-0.2, -0.15) is 5.10 Å². The minimum atomic E-state index is -0.0493. The summed E-state index contributed by atoms with van der Waals surface area (Å²) in [5.74, 6) is 1.85. The van der Waals surface area contributed by atoms with Crippen LogP contribution in [0.3, 0.4) is 0 Å². The van der Waals surface area contributed by atoms with Crippen molar-refractivity contribution < 1.29 is 9.53 Å². The van der Waals surface area contributed by atoms with Crippen molar-refractivity contribution >= 4 is 22.6 Å². The van der Waals surface area contributed by atoms with Gasteiger partial charge in [-0.3, -0.25) is 9.48 Å². The van der Waals surface area contributed by atoms with E-state index in [1.165, 1.54) is 0 Å². The Morgan fingerprint density at radius 1 is 1.25 bits per heavy atom. The topological polar surface area (TPSA) is 72.3 Å². The Hall–Kier alpha value is -3.09. The number of piperidine rings is 1. The van der Waals surface area contributed by atoms with Crippen LogP contribution in [0.2, 0.25) is 0 Å². The van der Waals surface area contributed by atoms with E-state index >= 15 is 0 Å². The SMILES string of the molecule is CCCCOc1ccc(CNC(=O)[C@H]2CCCN(c3nccc4c(C)nn(C)c34)C2)cc1. The minimum Gasteiger partial charge on any atom is -0.494 e. The van der Waals surface area contributed by atoms with E-state index in [1.54, 1.807) is 0 Å². The summed E-state index contributed by atoms with van der Waals surface area (Å²) in [5.41, 5.74) is 3.11. The van der Waals surface area contributed by atoms with E-state index in [1.807, 2.05) is 55.2 Å².